The number of piperidine rings is 1. The minimum Gasteiger partial charge on any atom is -0.296 e. The van der Waals surface area contributed by atoms with Gasteiger partial charge in [0.25, 0.3) is 0 Å². The number of alkyl halides is 1. The number of carbonyl (C=O) groups excluding carboxylic acids is 2. The van der Waals surface area contributed by atoms with Crippen molar-refractivity contribution in [2.45, 2.75) is 24.6 Å². The van der Waals surface area contributed by atoms with E-state index >= 15 is 0 Å². The Morgan fingerprint density at radius 3 is 2.94 bits per heavy atom. The summed E-state index contributed by atoms with van der Waals surface area (Å²) in [6.07, 6.45) is 1.66. The number of aromatic nitrogens is 2. The van der Waals surface area contributed by atoms with E-state index in [2.05, 4.69) is 15.5 Å². The average molecular weight is 258 g/mol. The highest BCUT2D eigenvalue weighted by Gasteiger charge is 2.31. The van der Waals surface area contributed by atoms with Crippen molar-refractivity contribution in [1.82, 2.24) is 15.5 Å². The maximum atomic E-state index is 13.9. The molecule has 1 saturated heterocycles. The third kappa shape index (κ3) is 2.26. The highest BCUT2D eigenvalue weighted by Crippen LogP contribution is 2.27. The van der Waals surface area contributed by atoms with Crippen LogP contribution in [0.1, 0.15) is 30.0 Å². The highest BCUT2D eigenvalue weighted by molar-refractivity contribution is 6.16. The summed E-state index contributed by atoms with van der Waals surface area (Å²) in [5, 5.41) is 9.31. The summed E-state index contributed by atoms with van der Waals surface area (Å²) in [6.45, 7) is 0. The van der Waals surface area contributed by atoms with Gasteiger partial charge in [-0.05, 0) is 6.42 Å². The van der Waals surface area contributed by atoms with E-state index in [1.807, 2.05) is 0 Å². The number of rotatable bonds is 2. The number of hydrogen-bond acceptors (Lipinski definition) is 4. The molecule has 1 atom stereocenters. The zero-order chi connectivity index (χ0) is 12.4. The summed E-state index contributed by atoms with van der Waals surface area (Å²) in [4.78, 5) is 22.6. The van der Waals surface area contributed by atoms with Crippen LogP contribution in [0, 0.1) is 5.82 Å². The lowest BCUT2D eigenvalue weighted by atomic mass is 9.91. The molecule has 1 fully saturated rings. The van der Waals surface area contributed by atoms with Gasteiger partial charge in [-0.25, -0.2) is 4.39 Å². The van der Waals surface area contributed by atoms with Crippen molar-refractivity contribution in [1.29, 1.82) is 0 Å². The standard InChI is InChI=1S/C10H9ClFN3O2/c11-3-7-9(12)6(4-13-15-7)5-1-2-8(16)14-10(5)17/h4-5H,1-3H2,(H,14,16,17). The minimum atomic E-state index is -0.704. The number of nitrogens with zero attached hydrogens (tertiary/aromatic N) is 2. The number of halogens is 2. The van der Waals surface area contributed by atoms with E-state index in [0.717, 1.165) is 0 Å². The second kappa shape index (κ2) is 4.75. The van der Waals surface area contributed by atoms with Gasteiger partial charge in [0.05, 0.1) is 18.0 Å². The van der Waals surface area contributed by atoms with E-state index in [1.165, 1.54) is 6.20 Å². The Morgan fingerprint density at radius 2 is 2.29 bits per heavy atom. The van der Waals surface area contributed by atoms with Crippen LogP contribution in [0.2, 0.25) is 0 Å². The Morgan fingerprint density at radius 1 is 1.53 bits per heavy atom. The van der Waals surface area contributed by atoms with Crippen molar-refractivity contribution in [3.63, 3.8) is 0 Å². The first-order chi connectivity index (χ1) is 8.13. The molecule has 2 heterocycles. The van der Waals surface area contributed by atoms with Crippen molar-refractivity contribution in [2.24, 2.45) is 0 Å². The van der Waals surface area contributed by atoms with Crippen LogP contribution >= 0.6 is 11.6 Å². The molecule has 1 aliphatic heterocycles. The normalized spacial score (nSPS) is 20.2. The Labute approximate surface area is 101 Å². The molecule has 2 amide bonds. The summed E-state index contributed by atoms with van der Waals surface area (Å²) in [5.74, 6) is -2.28. The van der Waals surface area contributed by atoms with E-state index < -0.39 is 17.6 Å². The van der Waals surface area contributed by atoms with E-state index in [0.29, 0.717) is 0 Å². The van der Waals surface area contributed by atoms with E-state index in [1.54, 1.807) is 0 Å². The predicted molar refractivity (Wildman–Crippen MR) is 56.7 cm³/mol. The van der Waals surface area contributed by atoms with Gasteiger partial charge in [0.1, 0.15) is 5.69 Å². The number of imide groups is 1. The zero-order valence-corrected chi connectivity index (χ0v) is 9.50. The zero-order valence-electron chi connectivity index (χ0n) is 8.74. The molecule has 5 nitrogen and oxygen atoms in total. The Hall–Kier alpha value is -1.56. The van der Waals surface area contributed by atoms with Crippen LogP contribution in [0.25, 0.3) is 0 Å². The lowest BCUT2D eigenvalue weighted by Gasteiger charge is -2.21. The van der Waals surface area contributed by atoms with Gasteiger partial charge in [0.15, 0.2) is 5.82 Å². The number of amides is 2. The first kappa shape index (κ1) is 11.9. The topological polar surface area (TPSA) is 72.0 Å². The molecule has 0 spiro atoms. The third-order valence-corrected chi connectivity index (χ3v) is 2.88. The molecule has 0 aliphatic carbocycles. The largest absolute Gasteiger partial charge is 0.296 e. The van der Waals surface area contributed by atoms with Crippen molar-refractivity contribution >= 4 is 23.4 Å². The number of hydrogen-bond donors (Lipinski definition) is 1. The molecule has 1 aromatic heterocycles. The lowest BCUT2D eigenvalue weighted by molar-refractivity contribution is -0.134. The number of carbonyl (C=O) groups is 2. The summed E-state index contributed by atoms with van der Waals surface area (Å²) < 4.78 is 13.9. The molecule has 90 valence electrons. The Bertz CT molecular complexity index is 481. The van der Waals surface area contributed by atoms with Gasteiger partial charge in [-0.1, -0.05) is 0 Å². The van der Waals surface area contributed by atoms with Gasteiger partial charge in [0, 0.05) is 12.0 Å². The average Bonchev–Trinajstić information content (AvgIpc) is 2.30. The predicted octanol–water partition coefficient (Wildman–Crippen LogP) is 0.875. The fourth-order valence-corrected chi connectivity index (χ4v) is 1.92. The number of nitrogens with one attached hydrogen (secondary N) is 1. The van der Waals surface area contributed by atoms with E-state index in [4.69, 9.17) is 11.6 Å². The molecule has 1 unspecified atom stereocenters. The Kier molecular flexibility index (Phi) is 3.33. The third-order valence-electron chi connectivity index (χ3n) is 2.62. The highest BCUT2D eigenvalue weighted by atomic mass is 35.5. The van der Waals surface area contributed by atoms with Crippen LogP contribution in [0.5, 0.6) is 0 Å². The van der Waals surface area contributed by atoms with Gasteiger partial charge in [-0.15, -0.1) is 11.6 Å². The smallest absolute Gasteiger partial charge is 0.234 e. The Balaban J connectivity index is 2.34. The van der Waals surface area contributed by atoms with E-state index in [9.17, 15) is 14.0 Å². The monoisotopic (exact) mass is 257 g/mol. The quantitative estimate of drug-likeness (QED) is 0.630. The molecule has 0 aromatic carbocycles. The van der Waals surface area contributed by atoms with Crippen LogP contribution in [-0.4, -0.2) is 22.0 Å². The molecule has 1 N–H and O–H groups in total. The molecule has 2 rings (SSSR count). The minimum absolute atomic E-state index is 0.00821. The van der Waals surface area contributed by atoms with E-state index in [-0.39, 0.29) is 35.9 Å². The molecule has 0 radical (unpaired) electrons. The molecule has 7 heteroatoms. The first-order valence-electron chi connectivity index (χ1n) is 5.03. The first-order valence-corrected chi connectivity index (χ1v) is 5.56. The molecule has 17 heavy (non-hydrogen) atoms. The summed E-state index contributed by atoms with van der Waals surface area (Å²) in [6, 6.07) is 0. The van der Waals surface area contributed by atoms with Crippen LogP contribution in [0.15, 0.2) is 6.20 Å². The summed E-state index contributed by atoms with van der Waals surface area (Å²) >= 11 is 5.51. The van der Waals surface area contributed by atoms with Crippen molar-refractivity contribution in [2.75, 3.05) is 0 Å². The van der Waals surface area contributed by atoms with Crippen LogP contribution in [-0.2, 0) is 15.5 Å². The van der Waals surface area contributed by atoms with Gasteiger partial charge in [-0.3, -0.25) is 14.9 Å². The summed E-state index contributed by atoms with van der Waals surface area (Å²) in [5.41, 5.74) is 0.148. The van der Waals surface area contributed by atoms with Gasteiger partial charge in [0.2, 0.25) is 11.8 Å². The molecule has 0 bridgehead atoms. The van der Waals surface area contributed by atoms with Crippen molar-refractivity contribution < 1.29 is 14.0 Å². The van der Waals surface area contributed by atoms with Crippen LogP contribution < -0.4 is 5.32 Å². The lowest BCUT2D eigenvalue weighted by Crippen LogP contribution is -2.39. The SMILES string of the molecule is O=C1CCC(c2cnnc(CCl)c2F)C(=O)N1. The fraction of sp³-hybridized carbons (Fsp3) is 0.400. The van der Waals surface area contributed by atoms with Crippen LogP contribution in [0.3, 0.4) is 0 Å². The maximum Gasteiger partial charge on any atom is 0.234 e. The van der Waals surface area contributed by atoms with Gasteiger partial charge in [-0.2, -0.15) is 10.2 Å². The second-order valence-electron chi connectivity index (χ2n) is 3.70. The summed E-state index contributed by atoms with van der Waals surface area (Å²) in [7, 11) is 0. The van der Waals surface area contributed by atoms with Crippen molar-refractivity contribution in [3.8, 4) is 0 Å². The second-order valence-corrected chi connectivity index (χ2v) is 3.97. The molecular formula is C10H9ClFN3O2. The molecule has 0 saturated carbocycles. The fourth-order valence-electron chi connectivity index (χ4n) is 1.75. The molecular weight excluding hydrogens is 249 g/mol. The van der Waals surface area contributed by atoms with Gasteiger partial charge < -0.3 is 0 Å². The molecule has 1 aromatic rings. The van der Waals surface area contributed by atoms with Gasteiger partial charge >= 0.3 is 0 Å². The molecule has 1 aliphatic rings. The van der Waals surface area contributed by atoms with Crippen molar-refractivity contribution in [3.05, 3.63) is 23.3 Å². The maximum absolute atomic E-state index is 13.9. The van der Waals surface area contributed by atoms with Crippen LogP contribution in [0.4, 0.5) is 4.39 Å².